The van der Waals surface area contributed by atoms with Crippen LogP contribution in [0, 0.1) is 0 Å². The van der Waals surface area contributed by atoms with Crippen LogP contribution in [-0.2, 0) is 15.1 Å². The highest BCUT2D eigenvalue weighted by Crippen LogP contribution is 2.41. The molecular weight excluding hydrogens is 223 g/mol. The number of amides is 1. The van der Waals surface area contributed by atoms with Gasteiger partial charge in [0.1, 0.15) is 0 Å². The molecule has 0 fully saturated rings. The molecule has 0 aliphatic carbocycles. The molecule has 88 valence electrons. The zero-order chi connectivity index (χ0) is 12.4. The Balaban J connectivity index is 3.42. The van der Waals surface area contributed by atoms with E-state index in [2.05, 4.69) is 4.74 Å². The minimum atomic E-state index is -4.91. The first-order valence-electron chi connectivity index (χ1n) is 4.33. The summed E-state index contributed by atoms with van der Waals surface area (Å²) in [6, 6.07) is 6.56. The summed E-state index contributed by atoms with van der Waals surface area (Å²) in [5.41, 5.74) is 1.39. The summed E-state index contributed by atoms with van der Waals surface area (Å²) in [7, 11) is 0.797. The second kappa shape index (κ2) is 4.13. The van der Waals surface area contributed by atoms with Crippen molar-refractivity contribution in [2.24, 2.45) is 5.73 Å². The van der Waals surface area contributed by atoms with Crippen molar-refractivity contribution in [1.29, 1.82) is 0 Å². The van der Waals surface area contributed by atoms with E-state index in [9.17, 15) is 18.0 Å². The smallest absolute Gasteiger partial charge is 0.367 e. The minimum absolute atomic E-state index is 0.336. The average Bonchev–Trinajstić information content (AvgIpc) is 2.18. The van der Waals surface area contributed by atoms with Gasteiger partial charge in [-0.1, -0.05) is 30.3 Å². The van der Waals surface area contributed by atoms with E-state index >= 15 is 0 Å². The van der Waals surface area contributed by atoms with Gasteiger partial charge in [-0.25, -0.2) is 0 Å². The number of benzene rings is 1. The van der Waals surface area contributed by atoms with Gasteiger partial charge in [0.2, 0.25) is 0 Å². The van der Waals surface area contributed by atoms with Gasteiger partial charge in [0.15, 0.2) is 0 Å². The molecule has 0 saturated carbocycles. The summed E-state index contributed by atoms with van der Waals surface area (Å²) in [6.45, 7) is 0. The van der Waals surface area contributed by atoms with E-state index in [1.165, 1.54) is 18.2 Å². The van der Waals surface area contributed by atoms with Gasteiger partial charge in [-0.2, -0.15) is 13.2 Å². The third kappa shape index (κ3) is 1.76. The van der Waals surface area contributed by atoms with Gasteiger partial charge in [-0.15, -0.1) is 0 Å². The van der Waals surface area contributed by atoms with E-state index in [1.54, 1.807) is 0 Å². The predicted molar refractivity (Wildman–Crippen MR) is 50.4 cm³/mol. The first-order valence-corrected chi connectivity index (χ1v) is 4.33. The summed E-state index contributed by atoms with van der Waals surface area (Å²) >= 11 is 0. The highest BCUT2D eigenvalue weighted by Gasteiger charge is 2.61. The maximum absolute atomic E-state index is 12.9. The van der Waals surface area contributed by atoms with Crippen LogP contribution >= 0.6 is 0 Å². The van der Waals surface area contributed by atoms with E-state index < -0.39 is 17.7 Å². The fraction of sp³-hybridized carbons (Fsp3) is 0.300. The van der Waals surface area contributed by atoms with Gasteiger partial charge >= 0.3 is 6.18 Å². The predicted octanol–water partition coefficient (Wildman–Crippen LogP) is 1.58. The van der Waals surface area contributed by atoms with Crippen LogP contribution in [0.2, 0.25) is 0 Å². The van der Waals surface area contributed by atoms with Crippen molar-refractivity contribution in [3.8, 4) is 0 Å². The van der Waals surface area contributed by atoms with Crippen LogP contribution in [0.4, 0.5) is 13.2 Å². The number of ether oxygens (including phenoxy) is 1. The van der Waals surface area contributed by atoms with Crippen LogP contribution in [0.3, 0.4) is 0 Å². The second-order valence-electron chi connectivity index (χ2n) is 3.11. The van der Waals surface area contributed by atoms with Gasteiger partial charge in [-0.3, -0.25) is 4.79 Å². The number of hydrogen-bond donors (Lipinski definition) is 1. The number of methoxy groups -OCH3 is 1. The number of halogens is 3. The summed E-state index contributed by atoms with van der Waals surface area (Å²) in [5.74, 6) is -1.59. The summed E-state index contributed by atoms with van der Waals surface area (Å²) in [4.78, 5) is 11.1. The van der Waals surface area contributed by atoms with Gasteiger partial charge in [-0.05, 0) is 0 Å². The van der Waals surface area contributed by atoms with Crippen LogP contribution in [0.15, 0.2) is 30.3 Å². The number of carbonyl (C=O) groups is 1. The van der Waals surface area contributed by atoms with Crippen LogP contribution < -0.4 is 5.73 Å². The van der Waals surface area contributed by atoms with Crippen molar-refractivity contribution in [2.75, 3.05) is 7.11 Å². The van der Waals surface area contributed by atoms with Crippen molar-refractivity contribution in [3.63, 3.8) is 0 Å². The monoisotopic (exact) mass is 233 g/mol. The molecule has 1 aromatic carbocycles. The molecule has 1 atom stereocenters. The summed E-state index contributed by atoms with van der Waals surface area (Å²) in [6.07, 6.45) is -4.91. The van der Waals surface area contributed by atoms with Crippen LogP contribution in [0.25, 0.3) is 0 Å². The van der Waals surface area contributed by atoms with Crippen molar-refractivity contribution in [3.05, 3.63) is 35.9 Å². The topological polar surface area (TPSA) is 52.3 Å². The Labute approximate surface area is 90.0 Å². The maximum Gasteiger partial charge on any atom is 0.430 e. The average molecular weight is 233 g/mol. The van der Waals surface area contributed by atoms with Crippen molar-refractivity contribution < 1.29 is 22.7 Å². The van der Waals surface area contributed by atoms with Crippen molar-refractivity contribution >= 4 is 5.91 Å². The zero-order valence-electron chi connectivity index (χ0n) is 8.41. The van der Waals surface area contributed by atoms with Crippen molar-refractivity contribution in [2.45, 2.75) is 11.8 Å². The molecular formula is C10H10F3NO2. The van der Waals surface area contributed by atoms with E-state index in [4.69, 9.17) is 5.73 Å². The lowest BCUT2D eigenvalue weighted by molar-refractivity contribution is -0.264. The lowest BCUT2D eigenvalue weighted by atomic mass is 9.92. The molecule has 1 amide bonds. The molecule has 0 unspecified atom stereocenters. The van der Waals surface area contributed by atoms with Gasteiger partial charge in [0, 0.05) is 12.7 Å². The fourth-order valence-corrected chi connectivity index (χ4v) is 1.45. The molecule has 0 aliphatic heterocycles. The van der Waals surface area contributed by atoms with Gasteiger partial charge in [0.05, 0.1) is 0 Å². The second-order valence-corrected chi connectivity index (χ2v) is 3.11. The van der Waals surface area contributed by atoms with Crippen LogP contribution in [0.5, 0.6) is 0 Å². The normalized spacial score (nSPS) is 15.5. The Bertz CT molecular complexity index is 377. The standard InChI is InChI=1S/C10H10F3NO2/c1-16-9(8(14)15,10(11,12)13)7-5-3-2-4-6-7/h2-6H,1H3,(H2,14,15)/t9-/m0/s1. The molecule has 0 heterocycles. The lowest BCUT2D eigenvalue weighted by Crippen LogP contribution is -2.54. The molecule has 0 radical (unpaired) electrons. The number of nitrogens with two attached hydrogens (primary N) is 1. The Morgan fingerprint density at radius 3 is 2.06 bits per heavy atom. The molecule has 0 saturated heterocycles. The van der Waals surface area contributed by atoms with Crippen molar-refractivity contribution in [1.82, 2.24) is 0 Å². The Kier molecular flexibility index (Phi) is 3.23. The maximum atomic E-state index is 12.9. The first-order chi connectivity index (χ1) is 7.36. The molecule has 1 rings (SSSR count). The molecule has 0 bridgehead atoms. The van der Waals surface area contributed by atoms with Gasteiger partial charge < -0.3 is 10.5 Å². The third-order valence-corrected chi connectivity index (χ3v) is 2.23. The van der Waals surface area contributed by atoms with E-state index in [0.29, 0.717) is 0 Å². The highest BCUT2D eigenvalue weighted by molar-refractivity contribution is 5.86. The molecule has 3 nitrogen and oxygen atoms in total. The third-order valence-electron chi connectivity index (χ3n) is 2.23. The molecule has 0 spiro atoms. The number of primary amides is 1. The number of rotatable bonds is 3. The number of alkyl halides is 3. The Morgan fingerprint density at radius 1 is 1.25 bits per heavy atom. The highest BCUT2D eigenvalue weighted by atomic mass is 19.4. The zero-order valence-corrected chi connectivity index (χ0v) is 8.41. The van der Waals surface area contributed by atoms with E-state index in [-0.39, 0.29) is 5.56 Å². The van der Waals surface area contributed by atoms with Gasteiger partial charge in [0.25, 0.3) is 11.5 Å². The molecule has 16 heavy (non-hydrogen) atoms. The van der Waals surface area contributed by atoms with Crippen LogP contribution in [-0.4, -0.2) is 19.2 Å². The van der Waals surface area contributed by atoms with E-state index in [1.807, 2.05) is 0 Å². The molecule has 1 aromatic rings. The largest absolute Gasteiger partial charge is 0.430 e. The number of hydrogen-bond acceptors (Lipinski definition) is 2. The Morgan fingerprint density at radius 2 is 1.75 bits per heavy atom. The molecule has 0 aromatic heterocycles. The minimum Gasteiger partial charge on any atom is -0.367 e. The molecule has 6 heteroatoms. The quantitative estimate of drug-likeness (QED) is 0.861. The Hall–Kier alpha value is -1.56. The van der Waals surface area contributed by atoms with Crippen LogP contribution in [0.1, 0.15) is 5.56 Å². The lowest BCUT2D eigenvalue weighted by Gasteiger charge is -2.31. The fourth-order valence-electron chi connectivity index (χ4n) is 1.45. The van der Waals surface area contributed by atoms with E-state index in [0.717, 1.165) is 19.2 Å². The SMILES string of the molecule is CO[C@](C(N)=O)(c1ccccc1)C(F)(F)F. The summed E-state index contributed by atoms with van der Waals surface area (Å²) in [5, 5.41) is 0. The molecule has 2 N–H and O–H groups in total. The first kappa shape index (κ1) is 12.5. The summed E-state index contributed by atoms with van der Waals surface area (Å²) < 4.78 is 43.0. The number of carbonyl (C=O) groups excluding carboxylic acids is 1. The molecule has 0 aliphatic rings.